The van der Waals surface area contributed by atoms with Crippen molar-refractivity contribution in [1.82, 2.24) is 9.55 Å². The van der Waals surface area contributed by atoms with Crippen molar-refractivity contribution in [3.63, 3.8) is 0 Å². The SMILES string of the molecule is CC.CCCc1ccc2c(c1)c(-c1ccc[nH]c1=O)c(C(=O)CC)n2Cc1cc(F)ccc1F. The van der Waals surface area contributed by atoms with Gasteiger partial charge in [-0.15, -0.1) is 0 Å². The number of Topliss-reactive ketones (excluding diaryl/α,β-unsaturated/α-hetero) is 1. The first kappa shape index (κ1) is 25.1. The van der Waals surface area contributed by atoms with E-state index in [0.717, 1.165) is 42.0 Å². The first-order valence-electron chi connectivity index (χ1n) is 11.7. The lowest BCUT2D eigenvalue weighted by atomic mass is 9.98. The van der Waals surface area contributed by atoms with E-state index in [1.54, 1.807) is 23.6 Å². The molecule has 0 spiro atoms. The van der Waals surface area contributed by atoms with E-state index in [1.807, 2.05) is 32.0 Å². The van der Waals surface area contributed by atoms with E-state index in [-0.39, 0.29) is 29.9 Å². The third-order valence-corrected chi connectivity index (χ3v) is 5.68. The number of rotatable bonds is 7. The quantitative estimate of drug-likeness (QED) is 0.303. The van der Waals surface area contributed by atoms with Crippen LogP contribution in [0.1, 0.15) is 62.2 Å². The molecule has 0 amide bonds. The highest BCUT2D eigenvalue weighted by molar-refractivity contribution is 6.11. The van der Waals surface area contributed by atoms with Crippen molar-refractivity contribution < 1.29 is 13.6 Å². The Kier molecular flexibility index (Phi) is 8.16. The van der Waals surface area contributed by atoms with E-state index >= 15 is 0 Å². The number of nitrogens with one attached hydrogen (secondary N) is 1. The molecule has 4 nitrogen and oxygen atoms in total. The van der Waals surface area contributed by atoms with Crippen molar-refractivity contribution in [1.29, 1.82) is 0 Å². The zero-order chi connectivity index (χ0) is 24.8. The molecule has 0 fully saturated rings. The summed E-state index contributed by atoms with van der Waals surface area (Å²) in [5, 5.41) is 0.751. The van der Waals surface area contributed by atoms with Crippen LogP contribution in [0, 0.1) is 11.6 Å². The highest BCUT2D eigenvalue weighted by Gasteiger charge is 2.25. The normalized spacial score (nSPS) is 10.8. The van der Waals surface area contributed by atoms with Crippen LogP contribution in [0.3, 0.4) is 0 Å². The molecule has 0 atom stereocenters. The molecule has 4 aromatic rings. The molecule has 0 saturated heterocycles. The number of carbonyl (C=O) groups is 1. The Morgan fingerprint density at radius 1 is 1.03 bits per heavy atom. The number of ketones is 1. The molecule has 2 heterocycles. The molecule has 6 heteroatoms. The van der Waals surface area contributed by atoms with Gasteiger partial charge in [0, 0.05) is 40.2 Å². The minimum absolute atomic E-state index is 0.0287. The fourth-order valence-electron chi connectivity index (χ4n) is 4.19. The van der Waals surface area contributed by atoms with Crippen LogP contribution in [0.15, 0.2) is 59.5 Å². The van der Waals surface area contributed by atoms with Crippen LogP contribution >= 0.6 is 0 Å². The molecule has 0 saturated carbocycles. The number of carbonyl (C=O) groups excluding carboxylic acids is 1. The summed E-state index contributed by atoms with van der Waals surface area (Å²) in [6.45, 7) is 7.80. The summed E-state index contributed by atoms with van der Waals surface area (Å²) in [5.74, 6) is -1.27. The molecule has 178 valence electrons. The van der Waals surface area contributed by atoms with E-state index in [1.165, 1.54) is 6.20 Å². The second-order valence-electron chi connectivity index (χ2n) is 7.84. The van der Waals surface area contributed by atoms with Gasteiger partial charge < -0.3 is 9.55 Å². The average Bonchev–Trinajstić information content (AvgIpc) is 3.16. The lowest BCUT2D eigenvalue weighted by Gasteiger charge is -2.12. The van der Waals surface area contributed by atoms with Crippen LogP contribution in [0.25, 0.3) is 22.0 Å². The van der Waals surface area contributed by atoms with Gasteiger partial charge in [0.15, 0.2) is 5.78 Å². The van der Waals surface area contributed by atoms with Gasteiger partial charge in [-0.2, -0.15) is 0 Å². The molecular formula is C28H30F2N2O2. The van der Waals surface area contributed by atoms with E-state index < -0.39 is 11.6 Å². The fourth-order valence-corrected chi connectivity index (χ4v) is 4.19. The van der Waals surface area contributed by atoms with Crippen LogP contribution in [0.5, 0.6) is 0 Å². The number of H-pyrrole nitrogens is 1. The van der Waals surface area contributed by atoms with Gasteiger partial charge >= 0.3 is 0 Å². The number of pyridine rings is 1. The van der Waals surface area contributed by atoms with Gasteiger partial charge in [-0.3, -0.25) is 9.59 Å². The number of benzene rings is 2. The molecule has 0 unspecified atom stereocenters. The summed E-state index contributed by atoms with van der Waals surface area (Å²) in [7, 11) is 0. The van der Waals surface area contributed by atoms with Crippen molar-refractivity contribution >= 4 is 16.7 Å². The highest BCUT2D eigenvalue weighted by Crippen LogP contribution is 2.36. The molecule has 1 N–H and O–H groups in total. The average molecular weight is 465 g/mol. The van der Waals surface area contributed by atoms with E-state index in [9.17, 15) is 18.4 Å². The zero-order valence-corrected chi connectivity index (χ0v) is 20.0. The lowest BCUT2D eigenvalue weighted by molar-refractivity contribution is 0.0980. The van der Waals surface area contributed by atoms with Gasteiger partial charge in [0.05, 0.1) is 12.2 Å². The Labute approximate surface area is 198 Å². The summed E-state index contributed by atoms with van der Waals surface area (Å²) in [6.07, 6.45) is 3.54. The van der Waals surface area contributed by atoms with Gasteiger partial charge in [0.2, 0.25) is 0 Å². The molecule has 4 rings (SSSR count). The third-order valence-electron chi connectivity index (χ3n) is 5.68. The van der Waals surface area contributed by atoms with Crippen LogP contribution in [-0.2, 0) is 13.0 Å². The van der Waals surface area contributed by atoms with Crippen LogP contribution in [0.4, 0.5) is 8.78 Å². The summed E-state index contributed by atoms with van der Waals surface area (Å²) in [5.41, 5.74) is 2.84. The lowest BCUT2D eigenvalue weighted by Crippen LogP contribution is -2.14. The molecule has 0 bridgehead atoms. The van der Waals surface area contributed by atoms with Crippen molar-refractivity contribution in [2.75, 3.05) is 0 Å². The fraction of sp³-hybridized carbons (Fsp3) is 0.286. The van der Waals surface area contributed by atoms with Crippen molar-refractivity contribution in [3.05, 3.63) is 93.5 Å². The summed E-state index contributed by atoms with van der Waals surface area (Å²) < 4.78 is 30.1. The van der Waals surface area contributed by atoms with Gasteiger partial charge in [0.1, 0.15) is 11.6 Å². The minimum atomic E-state index is -0.551. The van der Waals surface area contributed by atoms with Gasteiger partial charge in [0.25, 0.3) is 5.56 Å². The Balaban J connectivity index is 0.00000158. The number of aromatic nitrogens is 2. The number of nitrogens with zero attached hydrogens (tertiary/aromatic N) is 1. The molecule has 0 aliphatic heterocycles. The maximum absolute atomic E-state index is 14.5. The number of halogens is 2. The van der Waals surface area contributed by atoms with Crippen LogP contribution in [0.2, 0.25) is 0 Å². The largest absolute Gasteiger partial charge is 0.333 e. The van der Waals surface area contributed by atoms with E-state index in [2.05, 4.69) is 11.9 Å². The Hall–Kier alpha value is -3.54. The number of hydrogen-bond acceptors (Lipinski definition) is 2. The van der Waals surface area contributed by atoms with E-state index in [4.69, 9.17) is 0 Å². The van der Waals surface area contributed by atoms with Gasteiger partial charge in [-0.05, 0) is 54.4 Å². The topological polar surface area (TPSA) is 54.9 Å². The van der Waals surface area contributed by atoms with Crippen LogP contribution in [-0.4, -0.2) is 15.3 Å². The summed E-state index contributed by atoms with van der Waals surface area (Å²) >= 11 is 0. The van der Waals surface area contributed by atoms with E-state index in [0.29, 0.717) is 22.3 Å². The summed E-state index contributed by atoms with van der Waals surface area (Å²) in [4.78, 5) is 28.6. The first-order chi connectivity index (χ1) is 16.4. The molecule has 0 aliphatic carbocycles. The standard InChI is InChI=1S/C26H24F2N2O2.C2H6/c1-3-6-16-8-11-22-20(13-16)24(19-7-5-12-29-26(19)32)25(23(31)4-2)30(22)15-17-14-18(27)9-10-21(17)28;1-2/h5,7-14H,3-4,6,15H2,1-2H3,(H,29,32);1-2H3. The number of fused-ring (bicyclic) bond motifs is 1. The van der Waals surface area contributed by atoms with Gasteiger partial charge in [-0.1, -0.05) is 40.2 Å². The first-order valence-corrected chi connectivity index (χ1v) is 11.7. The molecule has 34 heavy (non-hydrogen) atoms. The van der Waals surface area contributed by atoms with Gasteiger partial charge in [-0.25, -0.2) is 8.78 Å². The molecular weight excluding hydrogens is 434 g/mol. The zero-order valence-electron chi connectivity index (χ0n) is 20.0. The smallest absolute Gasteiger partial charge is 0.255 e. The Morgan fingerprint density at radius 3 is 2.47 bits per heavy atom. The maximum atomic E-state index is 14.5. The molecule has 0 radical (unpaired) electrons. The molecule has 0 aliphatic rings. The second kappa shape index (κ2) is 11.1. The Morgan fingerprint density at radius 2 is 1.79 bits per heavy atom. The summed E-state index contributed by atoms with van der Waals surface area (Å²) in [6, 6.07) is 12.5. The highest BCUT2D eigenvalue weighted by atomic mass is 19.1. The second-order valence-corrected chi connectivity index (χ2v) is 7.84. The Bertz CT molecular complexity index is 1370. The maximum Gasteiger partial charge on any atom is 0.255 e. The predicted octanol–water partition coefficient (Wildman–Crippen LogP) is 6.89. The van der Waals surface area contributed by atoms with Crippen molar-refractivity contribution in [2.24, 2.45) is 0 Å². The van der Waals surface area contributed by atoms with Crippen molar-refractivity contribution in [2.45, 2.75) is 53.5 Å². The van der Waals surface area contributed by atoms with Crippen LogP contribution < -0.4 is 5.56 Å². The third kappa shape index (κ3) is 4.86. The predicted molar refractivity (Wildman–Crippen MR) is 133 cm³/mol. The van der Waals surface area contributed by atoms with Crippen molar-refractivity contribution in [3.8, 4) is 11.1 Å². The molecule has 2 aromatic heterocycles. The minimum Gasteiger partial charge on any atom is -0.333 e. The molecule has 2 aromatic carbocycles. The monoisotopic (exact) mass is 464 g/mol. The number of aromatic amines is 1. The number of aryl methyl sites for hydroxylation is 1. The number of hydrogen-bond donors (Lipinski definition) is 1.